The van der Waals surface area contributed by atoms with Crippen molar-refractivity contribution in [2.24, 2.45) is 17.6 Å². The number of rotatable bonds is 7. The second-order valence-electron chi connectivity index (χ2n) is 5.35. The zero-order chi connectivity index (χ0) is 10.9. The summed E-state index contributed by atoms with van der Waals surface area (Å²) in [6.45, 7) is 5.56. The molecule has 0 saturated heterocycles. The molecule has 0 amide bonds. The lowest BCUT2D eigenvalue weighted by molar-refractivity contribution is -0.00809. The van der Waals surface area contributed by atoms with Crippen LogP contribution < -0.4 is 5.73 Å². The molecule has 2 rings (SSSR count). The van der Waals surface area contributed by atoms with Crippen LogP contribution in [-0.4, -0.2) is 41.8 Å². The van der Waals surface area contributed by atoms with Crippen molar-refractivity contribution in [2.75, 3.05) is 26.2 Å². The lowest BCUT2D eigenvalue weighted by Crippen LogP contribution is -2.50. The highest BCUT2D eigenvalue weighted by Gasteiger charge is 2.43. The standard InChI is InChI=1S/C12H24N2O/c1-2-14(7-10-3-4-10)9-12(15,8-13)11-5-6-11/h10-11,15H,2-9,13H2,1H3. The third-order valence-corrected chi connectivity index (χ3v) is 3.85. The smallest absolute Gasteiger partial charge is 0.0923 e. The van der Waals surface area contributed by atoms with Gasteiger partial charge in [-0.1, -0.05) is 6.92 Å². The zero-order valence-corrected chi connectivity index (χ0v) is 9.78. The van der Waals surface area contributed by atoms with E-state index in [0.717, 1.165) is 38.4 Å². The fraction of sp³-hybridized carbons (Fsp3) is 1.00. The molecule has 0 aromatic heterocycles. The molecule has 3 heteroatoms. The number of hydrogen-bond donors (Lipinski definition) is 2. The van der Waals surface area contributed by atoms with E-state index in [9.17, 15) is 5.11 Å². The van der Waals surface area contributed by atoms with Crippen molar-refractivity contribution in [1.82, 2.24) is 4.90 Å². The Balaban J connectivity index is 1.84. The SMILES string of the molecule is CCN(CC1CC1)CC(O)(CN)C1CC1. The molecule has 1 unspecified atom stereocenters. The van der Waals surface area contributed by atoms with E-state index in [1.54, 1.807) is 0 Å². The van der Waals surface area contributed by atoms with Gasteiger partial charge in [-0.05, 0) is 44.1 Å². The Labute approximate surface area is 92.6 Å². The van der Waals surface area contributed by atoms with Gasteiger partial charge >= 0.3 is 0 Å². The lowest BCUT2D eigenvalue weighted by Gasteiger charge is -2.33. The Hall–Kier alpha value is -0.120. The molecule has 0 aliphatic heterocycles. The molecule has 2 saturated carbocycles. The topological polar surface area (TPSA) is 49.5 Å². The highest BCUT2D eigenvalue weighted by Crippen LogP contribution is 2.40. The van der Waals surface area contributed by atoms with Crippen molar-refractivity contribution in [2.45, 2.75) is 38.2 Å². The second kappa shape index (κ2) is 4.40. The van der Waals surface area contributed by atoms with E-state index in [-0.39, 0.29) is 0 Å². The monoisotopic (exact) mass is 212 g/mol. The Morgan fingerprint density at radius 1 is 1.33 bits per heavy atom. The van der Waals surface area contributed by atoms with Crippen LogP contribution in [0.4, 0.5) is 0 Å². The van der Waals surface area contributed by atoms with Crippen molar-refractivity contribution in [3.8, 4) is 0 Å². The predicted octanol–water partition coefficient (Wildman–Crippen LogP) is 0.818. The van der Waals surface area contributed by atoms with Crippen LogP contribution in [0, 0.1) is 11.8 Å². The summed E-state index contributed by atoms with van der Waals surface area (Å²) >= 11 is 0. The normalized spacial score (nSPS) is 25.6. The molecule has 3 N–H and O–H groups in total. The molecule has 3 nitrogen and oxygen atoms in total. The quantitative estimate of drug-likeness (QED) is 0.657. The summed E-state index contributed by atoms with van der Waals surface area (Å²) in [6, 6.07) is 0. The van der Waals surface area contributed by atoms with Crippen LogP contribution in [0.3, 0.4) is 0 Å². The van der Waals surface area contributed by atoms with Gasteiger partial charge in [-0.25, -0.2) is 0 Å². The molecule has 0 heterocycles. The summed E-state index contributed by atoms with van der Waals surface area (Å²) in [5, 5.41) is 10.4. The Morgan fingerprint density at radius 2 is 2.00 bits per heavy atom. The van der Waals surface area contributed by atoms with Crippen LogP contribution in [0.1, 0.15) is 32.6 Å². The van der Waals surface area contributed by atoms with E-state index < -0.39 is 5.60 Å². The minimum Gasteiger partial charge on any atom is -0.387 e. The summed E-state index contributed by atoms with van der Waals surface area (Å²) in [5.41, 5.74) is 5.11. The van der Waals surface area contributed by atoms with Crippen LogP contribution >= 0.6 is 0 Å². The third kappa shape index (κ3) is 2.92. The number of aliphatic hydroxyl groups is 1. The molecule has 0 aromatic carbocycles. The molecule has 0 spiro atoms. The van der Waals surface area contributed by atoms with Gasteiger partial charge in [0.25, 0.3) is 0 Å². The van der Waals surface area contributed by atoms with Gasteiger partial charge in [0, 0.05) is 19.6 Å². The van der Waals surface area contributed by atoms with E-state index >= 15 is 0 Å². The fourth-order valence-electron chi connectivity index (χ4n) is 2.34. The van der Waals surface area contributed by atoms with Gasteiger partial charge < -0.3 is 15.7 Å². The highest BCUT2D eigenvalue weighted by molar-refractivity contribution is 4.97. The molecule has 1 atom stereocenters. The van der Waals surface area contributed by atoms with E-state index in [1.165, 1.54) is 12.8 Å². The first-order chi connectivity index (χ1) is 7.18. The number of nitrogens with zero attached hydrogens (tertiary/aromatic N) is 1. The van der Waals surface area contributed by atoms with E-state index in [2.05, 4.69) is 11.8 Å². The van der Waals surface area contributed by atoms with Crippen molar-refractivity contribution >= 4 is 0 Å². The molecule has 0 radical (unpaired) electrons. The van der Waals surface area contributed by atoms with Crippen LogP contribution in [0.15, 0.2) is 0 Å². The third-order valence-electron chi connectivity index (χ3n) is 3.85. The molecular weight excluding hydrogens is 188 g/mol. The lowest BCUT2D eigenvalue weighted by atomic mass is 9.97. The average molecular weight is 212 g/mol. The van der Waals surface area contributed by atoms with Gasteiger partial charge in [0.15, 0.2) is 0 Å². The first kappa shape index (κ1) is 11.4. The number of hydrogen-bond acceptors (Lipinski definition) is 3. The van der Waals surface area contributed by atoms with Gasteiger partial charge in [-0.2, -0.15) is 0 Å². The molecule has 15 heavy (non-hydrogen) atoms. The Kier molecular flexibility index (Phi) is 3.33. The number of likely N-dealkylation sites (N-methyl/N-ethyl adjacent to an activating group) is 1. The molecule has 2 aliphatic carbocycles. The van der Waals surface area contributed by atoms with Crippen molar-refractivity contribution in [1.29, 1.82) is 0 Å². The van der Waals surface area contributed by atoms with Crippen LogP contribution in [0.2, 0.25) is 0 Å². The maximum Gasteiger partial charge on any atom is 0.0923 e. The van der Waals surface area contributed by atoms with E-state index in [1.807, 2.05) is 0 Å². The van der Waals surface area contributed by atoms with E-state index in [4.69, 9.17) is 5.73 Å². The fourth-order valence-corrected chi connectivity index (χ4v) is 2.34. The van der Waals surface area contributed by atoms with Crippen LogP contribution in [0.25, 0.3) is 0 Å². The maximum absolute atomic E-state index is 10.4. The van der Waals surface area contributed by atoms with Gasteiger partial charge in [-0.3, -0.25) is 0 Å². The highest BCUT2D eigenvalue weighted by atomic mass is 16.3. The maximum atomic E-state index is 10.4. The van der Waals surface area contributed by atoms with E-state index in [0.29, 0.717) is 12.5 Å². The molecular formula is C12H24N2O. The Bertz CT molecular complexity index is 214. The largest absolute Gasteiger partial charge is 0.387 e. The minimum atomic E-state index is -0.606. The van der Waals surface area contributed by atoms with Gasteiger partial charge in [0.1, 0.15) is 0 Å². The summed E-state index contributed by atoms with van der Waals surface area (Å²) in [5.74, 6) is 1.36. The molecule has 0 aromatic rings. The van der Waals surface area contributed by atoms with Crippen molar-refractivity contribution in [3.05, 3.63) is 0 Å². The summed E-state index contributed by atoms with van der Waals surface area (Å²) < 4.78 is 0. The first-order valence-electron chi connectivity index (χ1n) is 6.32. The summed E-state index contributed by atoms with van der Waals surface area (Å²) in [4.78, 5) is 2.38. The average Bonchev–Trinajstić information content (AvgIpc) is 3.07. The summed E-state index contributed by atoms with van der Waals surface area (Å²) in [7, 11) is 0. The van der Waals surface area contributed by atoms with Crippen LogP contribution in [0.5, 0.6) is 0 Å². The van der Waals surface area contributed by atoms with Gasteiger partial charge in [-0.15, -0.1) is 0 Å². The second-order valence-corrected chi connectivity index (χ2v) is 5.35. The molecule has 2 fully saturated rings. The Morgan fingerprint density at radius 3 is 2.40 bits per heavy atom. The van der Waals surface area contributed by atoms with Gasteiger partial charge in [0.05, 0.1) is 5.60 Å². The zero-order valence-electron chi connectivity index (χ0n) is 9.78. The number of nitrogens with two attached hydrogens (primary N) is 1. The minimum absolute atomic E-state index is 0.416. The predicted molar refractivity (Wildman–Crippen MR) is 61.6 cm³/mol. The summed E-state index contributed by atoms with van der Waals surface area (Å²) in [6.07, 6.45) is 5.07. The first-order valence-corrected chi connectivity index (χ1v) is 6.32. The molecule has 88 valence electrons. The van der Waals surface area contributed by atoms with Crippen molar-refractivity contribution in [3.63, 3.8) is 0 Å². The molecule has 2 aliphatic rings. The van der Waals surface area contributed by atoms with Crippen LogP contribution in [-0.2, 0) is 0 Å². The molecule has 0 bridgehead atoms. The van der Waals surface area contributed by atoms with Crippen molar-refractivity contribution < 1.29 is 5.11 Å². The van der Waals surface area contributed by atoms with Gasteiger partial charge in [0.2, 0.25) is 0 Å².